The molecule has 1 aliphatic carbocycles. The summed E-state index contributed by atoms with van der Waals surface area (Å²) in [6.45, 7) is 0.777. The molecule has 1 aromatic carbocycles. The van der Waals surface area contributed by atoms with Crippen LogP contribution in [0.3, 0.4) is 0 Å². The fourth-order valence-corrected chi connectivity index (χ4v) is 2.98. The van der Waals surface area contributed by atoms with Crippen LogP contribution in [0.15, 0.2) is 42.9 Å². The number of para-hydroxylation sites is 1. The van der Waals surface area contributed by atoms with Crippen LogP contribution in [0.4, 0.5) is 0 Å². The van der Waals surface area contributed by atoms with E-state index >= 15 is 0 Å². The molecule has 1 fully saturated rings. The van der Waals surface area contributed by atoms with Crippen molar-refractivity contribution in [3.8, 4) is 5.69 Å². The van der Waals surface area contributed by atoms with Crippen molar-refractivity contribution < 1.29 is 4.79 Å². The number of nitrogens with one attached hydrogen (secondary N) is 1. The van der Waals surface area contributed by atoms with Crippen LogP contribution in [-0.2, 0) is 0 Å². The molecular weight excluding hydrogens is 262 g/mol. The van der Waals surface area contributed by atoms with E-state index in [2.05, 4.69) is 10.3 Å². The van der Waals surface area contributed by atoms with Crippen LogP contribution in [0.1, 0.15) is 42.6 Å². The Balaban J connectivity index is 1.66. The van der Waals surface area contributed by atoms with Gasteiger partial charge in [0.2, 0.25) is 0 Å². The predicted molar refractivity (Wildman–Crippen MR) is 82.5 cm³/mol. The van der Waals surface area contributed by atoms with Gasteiger partial charge in [-0.15, -0.1) is 0 Å². The lowest BCUT2D eigenvalue weighted by Crippen LogP contribution is -2.31. The van der Waals surface area contributed by atoms with Gasteiger partial charge in [-0.05, 0) is 30.9 Å². The van der Waals surface area contributed by atoms with E-state index in [1.54, 1.807) is 12.5 Å². The van der Waals surface area contributed by atoms with Gasteiger partial charge in [0.25, 0.3) is 5.91 Å². The molecule has 1 aromatic heterocycles. The van der Waals surface area contributed by atoms with Gasteiger partial charge in [0, 0.05) is 12.2 Å². The van der Waals surface area contributed by atoms with E-state index in [9.17, 15) is 4.79 Å². The summed E-state index contributed by atoms with van der Waals surface area (Å²) in [6.07, 6.45) is 9.71. The SMILES string of the molecule is O=C(NCC1CCCCC1)c1cncn1-c1ccccc1. The molecule has 4 nitrogen and oxygen atoms in total. The first-order valence-electron chi connectivity index (χ1n) is 7.70. The van der Waals surface area contributed by atoms with Crippen molar-refractivity contribution in [2.24, 2.45) is 5.92 Å². The third-order valence-electron chi connectivity index (χ3n) is 4.18. The molecule has 2 aromatic rings. The van der Waals surface area contributed by atoms with Crippen molar-refractivity contribution in [2.75, 3.05) is 6.54 Å². The third kappa shape index (κ3) is 3.32. The van der Waals surface area contributed by atoms with E-state index in [-0.39, 0.29) is 5.91 Å². The zero-order chi connectivity index (χ0) is 14.5. The third-order valence-corrected chi connectivity index (χ3v) is 4.18. The molecule has 1 N–H and O–H groups in total. The fourth-order valence-electron chi connectivity index (χ4n) is 2.98. The van der Waals surface area contributed by atoms with E-state index in [0.717, 1.165) is 12.2 Å². The summed E-state index contributed by atoms with van der Waals surface area (Å²) in [5.74, 6) is 0.595. The molecule has 4 heteroatoms. The van der Waals surface area contributed by atoms with Crippen molar-refractivity contribution in [3.63, 3.8) is 0 Å². The largest absolute Gasteiger partial charge is 0.350 e. The molecule has 110 valence electrons. The van der Waals surface area contributed by atoms with Gasteiger partial charge < -0.3 is 5.32 Å². The molecule has 0 spiro atoms. The van der Waals surface area contributed by atoms with Gasteiger partial charge in [-0.3, -0.25) is 9.36 Å². The van der Waals surface area contributed by atoms with Gasteiger partial charge in [0.05, 0.1) is 12.5 Å². The maximum atomic E-state index is 12.4. The number of carbonyl (C=O) groups excluding carboxylic acids is 1. The van der Waals surface area contributed by atoms with E-state index in [0.29, 0.717) is 11.6 Å². The zero-order valence-electron chi connectivity index (χ0n) is 12.2. The lowest BCUT2D eigenvalue weighted by molar-refractivity contribution is 0.0936. The lowest BCUT2D eigenvalue weighted by Gasteiger charge is -2.21. The van der Waals surface area contributed by atoms with Crippen LogP contribution in [0.2, 0.25) is 0 Å². The Labute approximate surface area is 125 Å². The predicted octanol–water partition coefficient (Wildman–Crippen LogP) is 3.18. The van der Waals surface area contributed by atoms with Gasteiger partial charge >= 0.3 is 0 Å². The average Bonchev–Trinajstić information content (AvgIpc) is 3.04. The van der Waals surface area contributed by atoms with Crippen LogP contribution in [-0.4, -0.2) is 22.0 Å². The number of imidazole rings is 1. The quantitative estimate of drug-likeness (QED) is 0.936. The number of rotatable bonds is 4. The summed E-state index contributed by atoms with van der Waals surface area (Å²) in [5, 5.41) is 3.07. The Morgan fingerprint density at radius 2 is 1.95 bits per heavy atom. The number of aromatic nitrogens is 2. The molecular formula is C17H21N3O. The molecule has 1 amide bonds. The van der Waals surface area contributed by atoms with Crippen LogP contribution >= 0.6 is 0 Å². The summed E-state index contributed by atoms with van der Waals surface area (Å²) in [6, 6.07) is 9.82. The smallest absolute Gasteiger partial charge is 0.269 e. The molecule has 1 heterocycles. The second kappa shape index (κ2) is 6.57. The highest BCUT2D eigenvalue weighted by Crippen LogP contribution is 2.22. The second-order valence-electron chi connectivity index (χ2n) is 5.70. The Bertz CT molecular complexity index is 585. The maximum absolute atomic E-state index is 12.4. The highest BCUT2D eigenvalue weighted by Gasteiger charge is 2.17. The van der Waals surface area contributed by atoms with E-state index in [1.165, 1.54) is 32.1 Å². The first-order valence-corrected chi connectivity index (χ1v) is 7.70. The van der Waals surface area contributed by atoms with Crippen molar-refractivity contribution in [1.82, 2.24) is 14.9 Å². The molecule has 0 unspecified atom stereocenters. The highest BCUT2D eigenvalue weighted by molar-refractivity contribution is 5.93. The first-order chi connectivity index (χ1) is 10.3. The molecule has 0 atom stereocenters. The number of benzene rings is 1. The molecule has 3 rings (SSSR count). The van der Waals surface area contributed by atoms with Crippen LogP contribution < -0.4 is 5.32 Å². The standard InChI is InChI=1S/C17H21N3O/c21-17(19-11-14-7-3-1-4-8-14)16-12-18-13-20(16)15-9-5-2-6-10-15/h2,5-6,9-10,12-14H,1,3-4,7-8,11H2,(H,19,21). The summed E-state index contributed by atoms with van der Waals surface area (Å²) in [5.41, 5.74) is 1.55. The van der Waals surface area contributed by atoms with Gasteiger partial charge in [-0.2, -0.15) is 0 Å². The topological polar surface area (TPSA) is 46.9 Å². The van der Waals surface area contributed by atoms with Gasteiger partial charge in [0.15, 0.2) is 0 Å². The normalized spacial score (nSPS) is 15.8. The fraction of sp³-hybridized carbons (Fsp3) is 0.412. The Kier molecular flexibility index (Phi) is 4.34. The van der Waals surface area contributed by atoms with Gasteiger partial charge in [0.1, 0.15) is 5.69 Å². The summed E-state index contributed by atoms with van der Waals surface area (Å²) in [4.78, 5) is 16.5. The van der Waals surface area contributed by atoms with E-state index in [4.69, 9.17) is 0 Å². The number of hydrogen-bond donors (Lipinski definition) is 1. The van der Waals surface area contributed by atoms with Crippen molar-refractivity contribution in [3.05, 3.63) is 48.5 Å². The molecule has 1 saturated carbocycles. The van der Waals surface area contributed by atoms with Crippen molar-refractivity contribution in [1.29, 1.82) is 0 Å². The Morgan fingerprint density at radius 3 is 2.71 bits per heavy atom. The zero-order valence-corrected chi connectivity index (χ0v) is 12.2. The average molecular weight is 283 g/mol. The number of amides is 1. The number of nitrogens with zero attached hydrogens (tertiary/aromatic N) is 2. The summed E-state index contributed by atoms with van der Waals surface area (Å²) >= 11 is 0. The van der Waals surface area contributed by atoms with Crippen molar-refractivity contribution >= 4 is 5.91 Å². The molecule has 0 radical (unpaired) electrons. The first kappa shape index (κ1) is 13.9. The lowest BCUT2D eigenvalue weighted by atomic mass is 9.89. The molecule has 0 aliphatic heterocycles. The van der Waals surface area contributed by atoms with Gasteiger partial charge in [-0.1, -0.05) is 37.5 Å². The minimum atomic E-state index is -0.0399. The maximum Gasteiger partial charge on any atom is 0.269 e. The highest BCUT2D eigenvalue weighted by atomic mass is 16.1. The van der Waals surface area contributed by atoms with Crippen LogP contribution in [0.25, 0.3) is 5.69 Å². The van der Waals surface area contributed by atoms with E-state index in [1.807, 2.05) is 34.9 Å². The van der Waals surface area contributed by atoms with Crippen LogP contribution in [0, 0.1) is 5.92 Å². The summed E-state index contributed by atoms with van der Waals surface area (Å²) in [7, 11) is 0. The molecule has 0 saturated heterocycles. The Hall–Kier alpha value is -2.10. The van der Waals surface area contributed by atoms with E-state index < -0.39 is 0 Å². The monoisotopic (exact) mass is 283 g/mol. The molecule has 1 aliphatic rings. The molecule has 0 bridgehead atoms. The van der Waals surface area contributed by atoms with Gasteiger partial charge in [-0.25, -0.2) is 4.98 Å². The molecule has 21 heavy (non-hydrogen) atoms. The van der Waals surface area contributed by atoms with Crippen molar-refractivity contribution in [2.45, 2.75) is 32.1 Å². The minimum absolute atomic E-state index is 0.0399. The second-order valence-corrected chi connectivity index (χ2v) is 5.70. The number of hydrogen-bond acceptors (Lipinski definition) is 2. The minimum Gasteiger partial charge on any atom is -0.350 e. The number of carbonyl (C=O) groups is 1. The van der Waals surface area contributed by atoms with Crippen LogP contribution in [0.5, 0.6) is 0 Å². The summed E-state index contributed by atoms with van der Waals surface area (Å²) < 4.78 is 1.83. The Morgan fingerprint density at radius 1 is 1.19 bits per heavy atom.